The van der Waals surface area contributed by atoms with Crippen LogP contribution in [0.15, 0.2) is 23.0 Å². The summed E-state index contributed by atoms with van der Waals surface area (Å²) in [5.74, 6) is 1.41. The van der Waals surface area contributed by atoms with Gasteiger partial charge in [-0.05, 0) is 39.7 Å². The summed E-state index contributed by atoms with van der Waals surface area (Å²) in [7, 11) is 0. The lowest BCUT2D eigenvalue weighted by Crippen LogP contribution is -2.18. The molecule has 27 heavy (non-hydrogen) atoms. The molecule has 0 bridgehead atoms. The fraction of sp³-hybridized carbons (Fsp3) is 0.400. The number of ether oxygens (including phenoxy) is 1. The number of hydrogen-bond acceptors (Lipinski definition) is 6. The van der Waals surface area contributed by atoms with Crippen LogP contribution in [0.5, 0.6) is 5.75 Å². The lowest BCUT2D eigenvalue weighted by Gasteiger charge is -2.11. The third kappa shape index (κ3) is 4.07. The van der Waals surface area contributed by atoms with Crippen LogP contribution in [0, 0.1) is 13.8 Å². The zero-order chi connectivity index (χ0) is 19.4. The first-order valence-electron chi connectivity index (χ1n) is 9.30. The topological polar surface area (TPSA) is 92.8 Å². The van der Waals surface area contributed by atoms with Crippen LogP contribution in [0.4, 0.5) is 11.9 Å². The van der Waals surface area contributed by atoms with E-state index in [1.165, 1.54) is 0 Å². The summed E-state index contributed by atoms with van der Waals surface area (Å²) >= 11 is 0. The number of H-pyrrole nitrogens is 1. The maximum atomic E-state index is 12.4. The van der Waals surface area contributed by atoms with Gasteiger partial charge in [0, 0.05) is 16.6 Å². The number of anilines is 2. The van der Waals surface area contributed by atoms with Crippen molar-refractivity contribution in [2.24, 2.45) is 0 Å². The van der Waals surface area contributed by atoms with Gasteiger partial charge in [0.25, 0.3) is 5.56 Å². The van der Waals surface area contributed by atoms with Crippen LogP contribution in [0.25, 0.3) is 10.9 Å². The van der Waals surface area contributed by atoms with E-state index < -0.39 is 0 Å². The maximum Gasteiger partial charge on any atom is 0.255 e. The Bertz CT molecular complexity index is 1010. The Hall–Kier alpha value is -2.96. The van der Waals surface area contributed by atoms with Gasteiger partial charge in [0.05, 0.1) is 12.3 Å². The lowest BCUT2D eigenvalue weighted by molar-refractivity contribution is 0.343. The SMILES string of the molecule is CCCCc1c(C)nc(Nc2nc(C)c3cccc(OCC)c3n2)[nH]c1=O. The molecular formula is C20H25N5O2. The van der Waals surface area contributed by atoms with Crippen molar-refractivity contribution in [2.45, 2.75) is 47.0 Å². The summed E-state index contributed by atoms with van der Waals surface area (Å²) < 4.78 is 5.68. The number of aryl methyl sites for hydroxylation is 2. The van der Waals surface area contributed by atoms with E-state index in [1.807, 2.05) is 39.0 Å². The molecule has 0 saturated heterocycles. The molecule has 0 atom stereocenters. The van der Waals surface area contributed by atoms with E-state index in [4.69, 9.17) is 4.74 Å². The van der Waals surface area contributed by atoms with E-state index in [1.54, 1.807) is 0 Å². The molecule has 0 amide bonds. The van der Waals surface area contributed by atoms with Gasteiger partial charge in [0.1, 0.15) is 11.3 Å². The van der Waals surface area contributed by atoms with E-state index >= 15 is 0 Å². The van der Waals surface area contributed by atoms with Crippen LogP contribution in [-0.4, -0.2) is 26.5 Å². The summed E-state index contributed by atoms with van der Waals surface area (Å²) in [5.41, 5.74) is 2.89. The molecule has 2 aromatic heterocycles. The molecule has 0 saturated carbocycles. The van der Waals surface area contributed by atoms with Crippen LogP contribution >= 0.6 is 0 Å². The van der Waals surface area contributed by atoms with Crippen molar-refractivity contribution in [3.8, 4) is 5.75 Å². The average molecular weight is 367 g/mol. The quantitative estimate of drug-likeness (QED) is 0.659. The second-order valence-corrected chi connectivity index (χ2v) is 6.43. The minimum absolute atomic E-state index is 0.119. The van der Waals surface area contributed by atoms with Crippen molar-refractivity contribution in [1.29, 1.82) is 0 Å². The fourth-order valence-corrected chi connectivity index (χ4v) is 3.03. The molecule has 3 aromatic rings. The number of aromatic amines is 1. The van der Waals surface area contributed by atoms with Crippen molar-refractivity contribution in [1.82, 2.24) is 19.9 Å². The van der Waals surface area contributed by atoms with E-state index in [-0.39, 0.29) is 5.56 Å². The first-order valence-corrected chi connectivity index (χ1v) is 9.30. The van der Waals surface area contributed by atoms with Gasteiger partial charge in [0.15, 0.2) is 0 Å². The molecular weight excluding hydrogens is 342 g/mol. The van der Waals surface area contributed by atoms with E-state index in [9.17, 15) is 4.79 Å². The van der Waals surface area contributed by atoms with Crippen LogP contribution in [-0.2, 0) is 6.42 Å². The van der Waals surface area contributed by atoms with E-state index in [2.05, 4.69) is 32.2 Å². The second kappa shape index (κ2) is 8.16. The van der Waals surface area contributed by atoms with Crippen molar-refractivity contribution >= 4 is 22.8 Å². The molecule has 0 spiro atoms. The molecule has 0 radical (unpaired) electrons. The summed E-state index contributed by atoms with van der Waals surface area (Å²) in [6.07, 6.45) is 2.73. The van der Waals surface area contributed by atoms with Gasteiger partial charge in [0.2, 0.25) is 11.9 Å². The second-order valence-electron chi connectivity index (χ2n) is 6.43. The van der Waals surface area contributed by atoms with Crippen LogP contribution < -0.4 is 15.6 Å². The first-order chi connectivity index (χ1) is 13.0. The van der Waals surface area contributed by atoms with Gasteiger partial charge < -0.3 is 4.74 Å². The summed E-state index contributed by atoms with van der Waals surface area (Å²) in [6, 6.07) is 5.77. The van der Waals surface area contributed by atoms with Crippen LogP contribution in [0.1, 0.15) is 43.6 Å². The Morgan fingerprint density at radius 3 is 2.63 bits per heavy atom. The van der Waals surface area contributed by atoms with Crippen molar-refractivity contribution in [3.05, 3.63) is 45.5 Å². The molecule has 3 rings (SSSR count). The highest BCUT2D eigenvalue weighted by molar-refractivity contribution is 5.87. The largest absolute Gasteiger partial charge is 0.492 e. The number of nitrogens with zero attached hydrogens (tertiary/aromatic N) is 3. The number of aromatic nitrogens is 4. The molecule has 0 aliphatic carbocycles. The molecule has 2 N–H and O–H groups in total. The number of hydrogen-bond donors (Lipinski definition) is 2. The maximum absolute atomic E-state index is 12.4. The van der Waals surface area contributed by atoms with Crippen LogP contribution in [0.3, 0.4) is 0 Å². The molecule has 0 fully saturated rings. The lowest BCUT2D eigenvalue weighted by atomic mass is 10.1. The summed E-state index contributed by atoms with van der Waals surface area (Å²) in [6.45, 7) is 8.36. The molecule has 2 heterocycles. The monoisotopic (exact) mass is 367 g/mol. The van der Waals surface area contributed by atoms with E-state index in [0.717, 1.165) is 47.1 Å². The first kappa shape index (κ1) is 18.8. The van der Waals surface area contributed by atoms with Gasteiger partial charge >= 0.3 is 0 Å². The molecule has 1 aromatic carbocycles. The number of fused-ring (bicyclic) bond motifs is 1. The Morgan fingerprint density at radius 2 is 1.93 bits per heavy atom. The van der Waals surface area contributed by atoms with Gasteiger partial charge in [-0.25, -0.2) is 15.0 Å². The molecule has 142 valence electrons. The third-order valence-corrected chi connectivity index (χ3v) is 4.41. The zero-order valence-electron chi connectivity index (χ0n) is 16.2. The summed E-state index contributed by atoms with van der Waals surface area (Å²) in [5, 5.41) is 3.96. The van der Waals surface area contributed by atoms with E-state index in [0.29, 0.717) is 24.3 Å². The average Bonchev–Trinajstić information content (AvgIpc) is 2.62. The highest BCUT2D eigenvalue weighted by Gasteiger charge is 2.12. The Kier molecular flexibility index (Phi) is 5.69. The number of unbranched alkanes of at least 4 members (excludes halogenated alkanes) is 1. The highest BCUT2D eigenvalue weighted by Crippen LogP contribution is 2.27. The minimum Gasteiger partial charge on any atom is -0.492 e. The predicted molar refractivity (Wildman–Crippen MR) is 107 cm³/mol. The van der Waals surface area contributed by atoms with Gasteiger partial charge in [-0.2, -0.15) is 0 Å². The highest BCUT2D eigenvalue weighted by atomic mass is 16.5. The number of benzene rings is 1. The summed E-state index contributed by atoms with van der Waals surface area (Å²) in [4.78, 5) is 28.7. The number of nitrogens with one attached hydrogen (secondary N) is 2. The normalized spacial score (nSPS) is 11.0. The zero-order valence-corrected chi connectivity index (χ0v) is 16.2. The smallest absolute Gasteiger partial charge is 0.255 e. The fourth-order valence-electron chi connectivity index (χ4n) is 3.03. The van der Waals surface area contributed by atoms with Crippen molar-refractivity contribution < 1.29 is 4.74 Å². The Labute approximate surface area is 158 Å². The van der Waals surface area contributed by atoms with Crippen molar-refractivity contribution in [2.75, 3.05) is 11.9 Å². The molecule has 0 aliphatic rings. The molecule has 0 aliphatic heterocycles. The van der Waals surface area contributed by atoms with Gasteiger partial charge in [-0.1, -0.05) is 25.5 Å². The third-order valence-electron chi connectivity index (χ3n) is 4.41. The minimum atomic E-state index is -0.119. The standard InChI is InChI=1S/C20H25N5O2/c1-5-7-9-15-13(4)22-20(24-18(15)26)25-19-21-12(3)14-10-8-11-16(27-6-2)17(14)23-19/h8,10-11H,5-7,9H2,1-4H3,(H2,21,22,23,24,25,26). The molecule has 0 unspecified atom stereocenters. The Balaban J connectivity index is 1.97. The number of rotatable bonds is 7. The van der Waals surface area contributed by atoms with Gasteiger partial charge in [-0.15, -0.1) is 0 Å². The molecule has 7 nitrogen and oxygen atoms in total. The van der Waals surface area contributed by atoms with Crippen LogP contribution in [0.2, 0.25) is 0 Å². The number of para-hydroxylation sites is 1. The molecule has 7 heteroatoms. The predicted octanol–water partition coefficient (Wildman–Crippen LogP) is 3.81. The Morgan fingerprint density at radius 1 is 1.11 bits per heavy atom. The van der Waals surface area contributed by atoms with Gasteiger partial charge in [-0.3, -0.25) is 15.1 Å². The van der Waals surface area contributed by atoms with Crippen molar-refractivity contribution in [3.63, 3.8) is 0 Å².